The second-order valence-corrected chi connectivity index (χ2v) is 7.70. The number of aryl methyl sites for hydroxylation is 1. The average Bonchev–Trinajstić information content (AvgIpc) is 3.49. The first-order chi connectivity index (χ1) is 14.7. The zero-order valence-corrected chi connectivity index (χ0v) is 16.4. The Morgan fingerprint density at radius 3 is 3.03 bits per heavy atom. The van der Waals surface area contributed by atoms with Gasteiger partial charge in [-0.2, -0.15) is 5.10 Å². The molecule has 0 bridgehead atoms. The lowest BCUT2D eigenvalue weighted by atomic mass is 9.99. The van der Waals surface area contributed by atoms with Crippen LogP contribution in [0.3, 0.4) is 0 Å². The van der Waals surface area contributed by atoms with Crippen LogP contribution in [-0.2, 0) is 6.42 Å². The Balaban J connectivity index is 1.48. The predicted molar refractivity (Wildman–Crippen MR) is 111 cm³/mol. The number of nitrogens with zero attached hydrogens (tertiary/aromatic N) is 4. The summed E-state index contributed by atoms with van der Waals surface area (Å²) in [6, 6.07) is 13.4. The van der Waals surface area contributed by atoms with Gasteiger partial charge in [0, 0.05) is 30.2 Å². The molecule has 148 valence electrons. The number of fused-ring (bicyclic) bond motifs is 3. The maximum Gasteiger partial charge on any atom is 0.258 e. The van der Waals surface area contributed by atoms with Gasteiger partial charge in [0.25, 0.3) is 5.91 Å². The van der Waals surface area contributed by atoms with Gasteiger partial charge in [-0.25, -0.2) is 9.50 Å². The van der Waals surface area contributed by atoms with E-state index in [4.69, 9.17) is 4.42 Å². The van der Waals surface area contributed by atoms with Gasteiger partial charge < -0.3 is 14.3 Å². The van der Waals surface area contributed by atoms with Crippen LogP contribution >= 0.6 is 0 Å². The minimum Gasteiger partial charge on any atom is -0.458 e. The summed E-state index contributed by atoms with van der Waals surface area (Å²) in [5.41, 5.74) is 5.13. The molecule has 5 heterocycles. The summed E-state index contributed by atoms with van der Waals surface area (Å²) in [4.78, 5) is 23.3. The lowest BCUT2D eigenvalue weighted by Gasteiger charge is -2.33. The Morgan fingerprint density at radius 2 is 2.13 bits per heavy atom. The topological polar surface area (TPSA) is 79.4 Å². The minimum atomic E-state index is -0.389. The minimum absolute atomic E-state index is 0.0760. The Labute approximate surface area is 171 Å². The second kappa shape index (κ2) is 6.32. The third-order valence-electron chi connectivity index (χ3n) is 5.79. The molecule has 1 aliphatic heterocycles. The predicted octanol–water partition coefficient (Wildman–Crippen LogP) is 3.90. The fourth-order valence-electron chi connectivity index (χ4n) is 4.33. The Hall–Kier alpha value is -3.87. The van der Waals surface area contributed by atoms with Crippen LogP contribution in [0.1, 0.15) is 39.1 Å². The number of furan rings is 1. The SMILES string of the molecule is Cc1ccc2c(C(=O)N3CCc4[nH]cnc4[C@H]3c3cc4ccccc4o3)cnn2c1. The fourth-order valence-corrected chi connectivity index (χ4v) is 4.33. The molecule has 0 fully saturated rings. The van der Waals surface area contributed by atoms with Gasteiger partial charge in [-0.15, -0.1) is 0 Å². The maximum absolute atomic E-state index is 13.7. The van der Waals surface area contributed by atoms with E-state index in [1.165, 1.54) is 0 Å². The molecule has 1 aliphatic rings. The lowest BCUT2D eigenvalue weighted by Crippen LogP contribution is -2.40. The number of imidazole rings is 1. The number of aromatic nitrogens is 4. The summed E-state index contributed by atoms with van der Waals surface area (Å²) in [5, 5.41) is 5.39. The molecule has 30 heavy (non-hydrogen) atoms. The van der Waals surface area contributed by atoms with Crippen molar-refractivity contribution in [2.45, 2.75) is 19.4 Å². The van der Waals surface area contributed by atoms with Crippen molar-refractivity contribution in [3.63, 3.8) is 0 Å². The summed E-state index contributed by atoms with van der Waals surface area (Å²) < 4.78 is 7.92. The number of para-hydroxylation sites is 1. The first-order valence-electron chi connectivity index (χ1n) is 9.94. The van der Waals surface area contributed by atoms with Gasteiger partial charge in [0.2, 0.25) is 0 Å². The number of aromatic amines is 1. The third kappa shape index (κ3) is 2.48. The highest BCUT2D eigenvalue weighted by atomic mass is 16.3. The molecule has 1 N–H and O–H groups in total. The highest BCUT2D eigenvalue weighted by molar-refractivity contribution is 6.01. The van der Waals surface area contributed by atoms with Gasteiger partial charge in [-0.3, -0.25) is 4.79 Å². The van der Waals surface area contributed by atoms with Crippen molar-refractivity contribution in [3.8, 4) is 0 Å². The van der Waals surface area contributed by atoms with Crippen molar-refractivity contribution in [3.05, 3.63) is 89.5 Å². The van der Waals surface area contributed by atoms with Gasteiger partial charge in [-0.05, 0) is 30.7 Å². The monoisotopic (exact) mass is 397 g/mol. The molecule has 7 heteroatoms. The molecule has 0 aliphatic carbocycles. The molecule has 0 saturated heterocycles. The van der Waals surface area contributed by atoms with E-state index >= 15 is 0 Å². The summed E-state index contributed by atoms with van der Waals surface area (Å²) >= 11 is 0. The number of hydrogen-bond acceptors (Lipinski definition) is 4. The average molecular weight is 397 g/mol. The van der Waals surface area contributed by atoms with Crippen LogP contribution in [0.4, 0.5) is 0 Å². The van der Waals surface area contributed by atoms with Crippen LogP contribution in [0.15, 0.2) is 65.6 Å². The Kier molecular flexibility index (Phi) is 3.59. The highest BCUT2D eigenvalue weighted by Gasteiger charge is 2.37. The highest BCUT2D eigenvalue weighted by Crippen LogP contribution is 2.37. The summed E-state index contributed by atoms with van der Waals surface area (Å²) in [7, 11) is 0. The van der Waals surface area contributed by atoms with Gasteiger partial charge >= 0.3 is 0 Å². The van der Waals surface area contributed by atoms with E-state index in [0.29, 0.717) is 17.9 Å². The lowest BCUT2D eigenvalue weighted by molar-refractivity contribution is 0.0675. The number of hydrogen-bond donors (Lipinski definition) is 1. The van der Waals surface area contributed by atoms with E-state index in [1.54, 1.807) is 17.0 Å². The molecule has 7 nitrogen and oxygen atoms in total. The first kappa shape index (κ1) is 17.0. The van der Waals surface area contributed by atoms with E-state index in [2.05, 4.69) is 15.1 Å². The number of nitrogens with one attached hydrogen (secondary N) is 1. The number of carbonyl (C=O) groups is 1. The van der Waals surface area contributed by atoms with Gasteiger partial charge in [0.05, 0.1) is 29.3 Å². The van der Waals surface area contributed by atoms with Crippen LogP contribution in [0, 0.1) is 6.92 Å². The van der Waals surface area contributed by atoms with Crippen LogP contribution in [-0.4, -0.2) is 36.9 Å². The van der Waals surface area contributed by atoms with Crippen molar-refractivity contribution in [1.29, 1.82) is 0 Å². The molecule has 1 aromatic carbocycles. The normalized spacial score (nSPS) is 16.3. The van der Waals surface area contributed by atoms with Gasteiger partial charge in [0.1, 0.15) is 17.4 Å². The molecule has 0 radical (unpaired) electrons. The quantitative estimate of drug-likeness (QED) is 0.490. The summed E-state index contributed by atoms with van der Waals surface area (Å²) in [5.74, 6) is 0.637. The molecule has 0 spiro atoms. The summed E-state index contributed by atoms with van der Waals surface area (Å²) in [6.45, 7) is 2.57. The molecular formula is C23H19N5O2. The molecule has 5 aromatic rings. The van der Waals surface area contributed by atoms with E-state index in [9.17, 15) is 4.79 Å². The molecule has 0 saturated carbocycles. The Bertz CT molecular complexity index is 1380. The summed E-state index contributed by atoms with van der Waals surface area (Å²) in [6.07, 6.45) is 5.97. The van der Waals surface area contributed by atoms with Crippen molar-refractivity contribution >= 4 is 22.4 Å². The zero-order valence-electron chi connectivity index (χ0n) is 16.4. The van der Waals surface area contributed by atoms with E-state index in [1.807, 2.05) is 60.5 Å². The molecular weight excluding hydrogens is 378 g/mol. The second-order valence-electron chi connectivity index (χ2n) is 7.70. The largest absolute Gasteiger partial charge is 0.458 e. The fraction of sp³-hybridized carbons (Fsp3) is 0.174. The van der Waals surface area contributed by atoms with Crippen molar-refractivity contribution < 1.29 is 9.21 Å². The molecule has 0 unspecified atom stereocenters. The van der Waals surface area contributed by atoms with Crippen LogP contribution < -0.4 is 0 Å². The number of amides is 1. The maximum atomic E-state index is 13.7. The third-order valence-corrected chi connectivity index (χ3v) is 5.79. The molecule has 4 aromatic heterocycles. The number of carbonyl (C=O) groups excluding carboxylic acids is 1. The van der Waals surface area contributed by atoms with E-state index in [0.717, 1.165) is 39.9 Å². The number of pyridine rings is 1. The molecule has 1 amide bonds. The number of rotatable bonds is 2. The molecule has 6 rings (SSSR count). The van der Waals surface area contributed by atoms with Gasteiger partial charge in [-0.1, -0.05) is 24.3 Å². The number of benzene rings is 1. The van der Waals surface area contributed by atoms with E-state index in [-0.39, 0.29) is 11.9 Å². The van der Waals surface area contributed by atoms with Crippen molar-refractivity contribution in [1.82, 2.24) is 24.5 Å². The van der Waals surface area contributed by atoms with Gasteiger partial charge in [0.15, 0.2) is 0 Å². The zero-order chi connectivity index (χ0) is 20.2. The Morgan fingerprint density at radius 1 is 1.23 bits per heavy atom. The standard InChI is InChI=1S/C23H19N5O2/c1-14-6-7-18-16(11-26-28(18)12-14)23(29)27-9-8-17-21(25-13-24-17)22(27)20-10-15-4-2-3-5-19(15)30-20/h2-7,10-13,22H,8-9H2,1H3,(H,24,25)/t22-/m1/s1. The van der Waals surface area contributed by atoms with Crippen LogP contribution in [0.5, 0.6) is 0 Å². The molecule has 1 atom stereocenters. The number of H-pyrrole nitrogens is 1. The smallest absolute Gasteiger partial charge is 0.258 e. The van der Waals surface area contributed by atoms with Crippen LogP contribution in [0.25, 0.3) is 16.5 Å². The first-order valence-corrected chi connectivity index (χ1v) is 9.94. The van der Waals surface area contributed by atoms with Crippen molar-refractivity contribution in [2.75, 3.05) is 6.54 Å². The van der Waals surface area contributed by atoms with Crippen molar-refractivity contribution in [2.24, 2.45) is 0 Å². The van der Waals surface area contributed by atoms with E-state index < -0.39 is 0 Å². The van der Waals surface area contributed by atoms with Crippen LogP contribution in [0.2, 0.25) is 0 Å².